The van der Waals surface area contributed by atoms with Crippen LogP contribution in [0, 0.1) is 12.7 Å². The summed E-state index contributed by atoms with van der Waals surface area (Å²) >= 11 is 5.88. The van der Waals surface area contributed by atoms with Gasteiger partial charge in [-0.25, -0.2) is 4.39 Å². The largest absolute Gasteiger partial charge is 0.395 e. The molecule has 21 heavy (non-hydrogen) atoms. The number of halogens is 2. The van der Waals surface area contributed by atoms with E-state index in [4.69, 9.17) is 11.6 Å². The number of rotatable bonds is 5. The van der Waals surface area contributed by atoms with E-state index in [2.05, 4.69) is 0 Å². The Morgan fingerprint density at radius 3 is 2.24 bits per heavy atom. The van der Waals surface area contributed by atoms with Gasteiger partial charge in [0.05, 0.1) is 13.2 Å². The summed E-state index contributed by atoms with van der Waals surface area (Å²) in [6.45, 7) is 1.41. The van der Waals surface area contributed by atoms with E-state index in [9.17, 15) is 14.6 Å². The van der Waals surface area contributed by atoms with Gasteiger partial charge in [0.25, 0.3) is 0 Å². The summed E-state index contributed by atoms with van der Waals surface area (Å²) in [5.74, 6) is -0.323. The van der Waals surface area contributed by atoms with Gasteiger partial charge in [-0.1, -0.05) is 29.8 Å². The topological polar surface area (TPSA) is 40.5 Å². The van der Waals surface area contributed by atoms with Crippen LogP contribution in [-0.4, -0.2) is 23.4 Å². The summed E-state index contributed by atoms with van der Waals surface area (Å²) in [7, 11) is 0. The Morgan fingerprint density at radius 2 is 1.67 bits per heavy atom. The van der Waals surface area contributed by atoms with Crippen molar-refractivity contribution in [3.8, 4) is 0 Å². The van der Waals surface area contributed by atoms with Crippen LogP contribution in [0.2, 0.25) is 5.02 Å². The predicted molar refractivity (Wildman–Crippen MR) is 82.1 cm³/mol. The number of aliphatic hydroxyl groups excluding tert-OH is 2. The van der Waals surface area contributed by atoms with Gasteiger partial charge in [-0.15, -0.1) is 0 Å². The van der Waals surface area contributed by atoms with E-state index < -0.39 is 5.41 Å². The van der Waals surface area contributed by atoms with Gasteiger partial charge in [0.15, 0.2) is 0 Å². The van der Waals surface area contributed by atoms with Gasteiger partial charge in [0.2, 0.25) is 0 Å². The molecule has 0 heterocycles. The van der Waals surface area contributed by atoms with E-state index in [0.29, 0.717) is 11.4 Å². The first-order chi connectivity index (χ1) is 10.0. The van der Waals surface area contributed by atoms with Gasteiger partial charge >= 0.3 is 0 Å². The minimum Gasteiger partial charge on any atom is -0.395 e. The predicted octanol–water partition coefficient (Wildman–Crippen LogP) is 3.25. The van der Waals surface area contributed by atoms with E-state index >= 15 is 0 Å². The van der Waals surface area contributed by atoms with E-state index in [1.807, 2.05) is 6.92 Å². The molecule has 2 N–H and O–H groups in total. The van der Waals surface area contributed by atoms with Crippen molar-refractivity contribution < 1.29 is 14.6 Å². The van der Waals surface area contributed by atoms with Gasteiger partial charge < -0.3 is 10.2 Å². The van der Waals surface area contributed by atoms with Crippen LogP contribution in [0.3, 0.4) is 0 Å². The van der Waals surface area contributed by atoms with Crippen molar-refractivity contribution in [2.24, 2.45) is 0 Å². The lowest BCUT2D eigenvalue weighted by atomic mass is 9.76. The summed E-state index contributed by atoms with van der Waals surface area (Å²) in [5.41, 5.74) is 1.62. The molecular formula is C17H18ClFO2. The average molecular weight is 309 g/mol. The van der Waals surface area contributed by atoms with Gasteiger partial charge in [0.1, 0.15) is 5.82 Å². The normalized spacial score (nSPS) is 11.7. The van der Waals surface area contributed by atoms with Crippen molar-refractivity contribution in [3.63, 3.8) is 0 Å². The first kappa shape index (κ1) is 16.0. The Morgan fingerprint density at radius 1 is 1.05 bits per heavy atom. The highest BCUT2D eigenvalue weighted by atomic mass is 35.5. The maximum Gasteiger partial charge on any atom is 0.123 e. The fourth-order valence-electron chi connectivity index (χ4n) is 2.44. The molecule has 0 aliphatic rings. The summed E-state index contributed by atoms with van der Waals surface area (Å²) in [4.78, 5) is 0. The molecule has 112 valence electrons. The van der Waals surface area contributed by atoms with Crippen molar-refractivity contribution in [3.05, 3.63) is 70.0 Å². The van der Waals surface area contributed by atoms with Gasteiger partial charge in [-0.05, 0) is 54.3 Å². The summed E-state index contributed by atoms with van der Waals surface area (Å²) in [6.07, 6.45) is 0.352. The molecular weight excluding hydrogens is 291 g/mol. The van der Waals surface area contributed by atoms with Crippen LogP contribution in [0.15, 0.2) is 42.5 Å². The first-order valence-electron chi connectivity index (χ1n) is 6.73. The highest BCUT2D eigenvalue weighted by Gasteiger charge is 2.32. The zero-order valence-electron chi connectivity index (χ0n) is 11.8. The lowest BCUT2D eigenvalue weighted by Crippen LogP contribution is -2.37. The molecule has 0 aliphatic carbocycles. The SMILES string of the molecule is Cc1ccc(F)cc1CC(CO)(CO)c1ccc(Cl)cc1. The third-order valence-electron chi connectivity index (χ3n) is 3.90. The quantitative estimate of drug-likeness (QED) is 0.890. The summed E-state index contributed by atoms with van der Waals surface area (Å²) < 4.78 is 13.4. The van der Waals surface area contributed by atoms with Gasteiger partial charge in [-0.2, -0.15) is 0 Å². The number of hydrogen-bond acceptors (Lipinski definition) is 2. The molecule has 0 amide bonds. The van der Waals surface area contributed by atoms with Crippen LogP contribution < -0.4 is 0 Å². The second kappa shape index (κ2) is 6.56. The molecule has 0 fully saturated rings. The van der Waals surface area contributed by atoms with Crippen LogP contribution >= 0.6 is 11.6 Å². The third kappa shape index (κ3) is 3.43. The number of hydrogen-bond donors (Lipinski definition) is 2. The third-order valence-corrected chi connectivity index (χ3v) is 4.15. The number of benzene rings is 2. The second-order valence-electron chi connectivity index (χ2n) is 5.35. The fourth-order valence-corrected chi connectivity index (χ4v) is 2.57. The van der Waals surface area contributed by atoms with Gasteiger partial charge in [0, 0.05) is 10.4 Å². The highest BCUT2D eigenvalue weighted by Crippen LogP contribution is 2.30. The van der Waals surface area contributed by atoms with Crippen molar-refractivity contribution in [2.75, 3.05) is 13.2 Å². The molecule has 0 saturated heterocycles. The molecule has 0 atom stereocenters. The van der Waals surface area contributed by atoms with Crippen molar-refractivity contribution in [1.29, 1.82) is 0 Å². The Labute approximate surface area is 128 Å². The standard InChI is InChI=1S/C17H18ClFO2/c1-12-2-7-16(19)8-13(12)9-17(10-20,11-21)14-3-5-15(18)6-4-14/h2-8,20-21H,9-11H2,1H3. The molecule has 0 bridgehead atoms. The lowest BCUT2D eigenvalue weighted by Gasteiger charge is -2.31. The molecule has 4 heteroatoms. The van der Waals surface area contributed by atoms with Crippen LogP contribution in [0.4, 0.5) is 4.39 Å². The van der Waals surface area contributed by atoms with Gasteiger partial charge in [-0.3, -0.25) is 0 Å². The van der Waals surface area contributed by atoms with E-state index in [1.54, 1.807) is 30.3 Å². The fraction of sp³-hybridized carbons (Fsp3) is 0.294. The molecule has 0 spiro atoms. The average Bonchev–Trinajstić information content (AvgIpc) is 2.49. The smallest absolute Gasteiger partial charge is 0.123 e. The minimum absolute atomic E-state index is 0.235. The Hall–Kier alpha value is -1.42. The molecule has 0 aromatic heterocycles. The second-order valence-corrected chi connectivity index (χ2v) is 5.79. The van der Waals surface area contributed by atoms with Crippen LogP contribution in [0.25, 0.3) is 0 Å². The number of aliphatic hydroxyl groups is 2. The van der Waals surface area contributed by atoms with E-state index in [-0.39, 0.29) is 19.0 Å². The minimum atomic E-state index is -0.858. The van der Waals surface area contributed by atoms with Crippen molar-refractivity contribution >= 4 is 11.6 Å². The zero-order valence-corrected chi connectivity index (χ0v) is 12.6. The highest BCUT2D eigenvalue weighted by molar-refractivity contribution is 6.30. The van der Waals surface area contributed by atoms with Crippen LogP contribution in [0.1, 0.15) is 16.7 Å². The molecule has 2 aromatic carbocycles. The molecule has 2 rings (SSSR count). The summed E-state index contributed by atoms with van der Waals surface area (Å²) in [5, 5.41) is 20.3. The number of aryl methyl sites for hydroxylation is 1. The van der Waals surface area contributed by atoms with Crippen molar-refractivity contribution in [1.82, 2.24) is 0 Å². The molecule has 0 radical (unpaired) electrons. The maximum absolute atomic E-state index is 13.4. The molecule has 2 aromatic rings. The van der Waals surface area contributed by atoms with E-state index in [1.165, 1.54) is 12.1 Å². The Bertz CT molecular complexity index is 607. The monoisotopic (exact) mass is 308 g/mol. The molecule has 0 saturated carbocycles. The van der Waals surface area contributed by atoms with Crippen molar-refractivity contribution in [2.45, 2.75) is 18.8 Å². The molecule has 0 aliphatic heterocycles. The molecule has 0 unspecified atom stereocenters. The zero-order chi connectivity index (χ0) is 15.5. The van der Waals surface area contributed by atoms with E-state index in [0.717, 1.165) is 16.7 Å². The Balaban J connectivity index is 2.42. The lowest BCUT2D eigenvalue weighted by molar-refractivity contribution is 0.116. The maximum atomic E-state index is 13.4. The molecule has 2 nitrogen and oxygen atoms in total. The van der Waals surface area contributed by atoms with Crippen LogP contribution in [0.5, 0.6) is 0 Å². The summed E-state index contributed by atoms with van der Waals surface area (Å²) in [6, 6.07) is 11.6. The Kier molecular flexibility index (Phi) is 4.99. The van der Waals surface area contributed by atoms with Crippen LogP contribution in [-0.2, 0) is 11.8 Å². The first-order valence-corrected chi connectivity index (χ1v) is 7.11.